The second-order valence-corrected chi connectivity index (χ2v) is 10.9. The fourth-order valence-corrected chi connectivity index (χ4v) is 5.69. The average molecular weight is 562 g/mol. The van der Waals surface area contributed by atoms with Gasteiger partial charge < -0.3 is 0 Å². The third-order valence-electron chi connectivity index (χ3n) is 7.78. The van der Waals surface area contributed by atoms with Gasteiger partial charge in [0.15, 0.2) is 11.6 Å². The lowest BCUT2D eigenvalue weighted by atomic mass is 9.80. The van der Waals surface area contributed by atoms with Crippen LogP contribution in [0.1, 0.15) is 57.5 Å². The molecular formula is C40H39N3. The van der Waals surface area contributed by atoms with Crippen LogP contribution < -0.4 is 0 Å². The van der Waals surface area contributed by atoms with Crippen molar-refractivity contribution in [1.82, 2.24) is 15.0 Å². The Kier molecular flexibility index (Phi) is 9.25. The van der Waals surface area contributed by atoms with E-state index in [4.69, 9.17) is 9.97 Å². The number of allylic oxidation sites excluding steroid dienone is 9. The van der Waals surface area contributed by atoms with Crippen molar-refractivity contribution in [3.63, 3.8) is 0 Å². The van der Waals surface area contributed by atoms with Crippen molar-refractivity contribution < 1.29 is 0 Å². The van der Waals surface area contributed by atoms with E-state index in [0.29, 0.717) is 5.82 Å². The molecule has 0 fully saturated rings. The topological polar surface area (TPSA) is 38.7 Å². The zero-order valence-electron chi connectivity index (χ0n) is 25.8. The van der Waals surface area contributed by atoms with Gasteiger partial charge in [0.1, 0.15) is 5.82 Å². The van der Waals surface area contributed by atoms with Crippen LogP contribution >= 0.6 is 0 Å². The van der Waals surface area contributed by atoms with Crippen LogP contribution in [0.5, 0.6) is 0 Å². The molecule has 0 spiro atoms. The average Bonchev–Trinajstić information content (AvgIpc) is 3.26. The van der Waals surface area contributed by atoms with Crippen LogP contribution in [-0.4, -0.2) is 15.0 Å². The maximum absolute atomic E-state index is 4.89. The molecule has 3 aliphatic rings. The highest BCUT2D eigenvalue weighted by Crippen LogP contribution is 2.51. The van der Waals surface area contributed by atoms with E-state index in [1.165, 1.54) is 33.4 Å². The van der Waals surface area contributed by atoms with Crippen molar-refractivity contribution in [3.8, 4) is 33.9 Å². The van der Waals surface area contributed by atoms with E-state index in [2.05, 4.69) is 103 Å². The zero-order valence-corrected chi connectivity index (χ0v) is 25.8. The second-order valence-electron chi connectivity index (χ2n) is 10.9. The Balaban J connectivity index is 0.000000357. The van der Waals surface area contributed by atoms with E-state index in [1.54, 1.807) is 0 Å². The highest BCUT2D eigenvalue weighted by atomic mass is 15.0. The Morgan fingerprint density at radius 1 is 0.628 bits per heavy atom. The van der Waals surface area contributed by atoms with Crippen molar-refractivity contribution in [2.75, 3.05) is 0 Å². The van der Waals surface area contributed by atoms with Crippen LogP contribution in [0.15, 0.2) is 133 Å². The van der Waals surface area contributed by atoms with E-state index in [-0.39, 0.29) is 5.41 Å². The van der Waals surface area contributed by atoms with Crippen molar-refractivity contribution >= 4 is 5.57 Å². The van der Waals surface area contributed by atoms with E-state index in [0.717, 1.165) is 35.6 Å². The maximum Gasteiger partial charge on any atom is 0.163 e. The third kappa shape index (κ3) is 6.48. The third-order valence-corrected chi connectivity index (χ3v) is 7.78. The number of aromatic nitrogens is 3. The molecule has 0 bridgehead atoms. The van der Waals surface area contributed by atoms with Crippen molar-refractivity contribution in [1.29, 1.82) is 0 Å². The highest BCUT2D eigenvalue weighted by molar-refractivity contribution is 5.91. The minimum atomic E-state index is -0.00420. The van der Waals surface area contributed by atoms with E-state index >= 15 is 0 Å². The first-order chi connectivity index (χ1) is 21.0. The van der Waals surface area contributed by atoms with Crippen LogP contribution in [0.25, 0.3) is 39.5 Å². The molecule has 7 rings (SSSR count). The Morgan fingerprint density at radius 2 is 1.21 bits per heavy atom. The monoisotopic (exact) mass is 561 g/mol. The molecule has 214 valence electrons. The number of aryl methyl sites for hydroxylation is 1. The summed E-state index contributed by atoms with van der Waals surface area (Å²) in [6.45, 7) is 10.6. The smallest absolute Gasteiger partial charge is 0.163 e. The minimum Gasteiger partial charge on any atom is -0.213 e. The summed E-state index contributed by atoms with van der Waals surface area (Å²) in [4.78, 5) is 14.2. The molecule has 0 aliphatic heterocycles. The normalized spacial score (nSPS) is 15.1. The van der Waals surface area contributed by atoms with Crippen LogP contribution in [0.2, 0.25) is 0 Å². The number of rotatable bonds is 3. The molecule has 3 nitrogen and oxygen atoms in total. The molecule has 0 atom stereocenters. The Morgan fingerprint density at radius 3 is 1.91 bits per heavy atom. The van der Waals surface area contributed by atoms with Crippen LogP contribution in [0.4, 0.5) is 0 Å². The van der Waals surface area contributed by atoms with Gasteiger partial charge in [-0.1, -0.05) is 131 Å². The van der Waals surface area contributed by atoms with Crippen molar-refractivity contribution in [2.45, 2.75) is 52.9 Å². The molecule has 1 heterocycles. The van der Waals surface area contributed by atoms with Gasteiger partial charge in [0, 0.05) is 16.5 Å². The summed E-state index contributed by atoms with van der Waals surface area (Å²) in [5.74, 6) is 2.16. The van der Waals surface area contributed by atoms with E-state index in [1.807, 2.05) is 63.3 Å². The van der Waals surface area contributed by atoms with Crippen molar-refractivity contribution in [3.05, 3.63) is 150 Å². The van der Waals surface area contributed by atoms with Crippen molar-refractivity contribution in [2.24, 2.45) is 0 Å². The molecule has 0 N–H and O–H groups in total. The quantitative estimate of drug-likeness (QED) is 0.234. The zero-order chi connectivity index (χ0) is 30.2. The lowest BCUT2D eigenvalue weighted by Gasteiger charge is -2.23. The van der Waals surface area contributed by atoms with Gasteiger partial charge in [-0.25, -0.2) is 15.0 Å². The first-order valence-corrected chi connectivity index (χ1v) is 15.2. The predicted molar refractivity (Wildman–Crippen MR) is 181 cm³/mol. The van der Waals surface area contributed by atoms with Gasteiger partial charge >= 0.3 is 0 Å². The lowest BCUT2D eigenvalue weighted by molar-refractivity contribution is 0.654. The second kappa shape index (κ2) is 13.4. The fraction of sp³-hybridized carbons (Fsp3) is 0.200. The maximum atomic E-state index is 4.89. The van der Waals surface area contributed by atoms with Gasteiger partial charge in [-0.3, -0.25) is 0 Å². The Hall–Kier alpha value is -4.85. The predicted octanol–water partition coefficient (Wildman–Crippen LogP) is 10.4. The van der Waals surface area contributed by atoms with Gasteiger partial charge in [-0.15, -0.1) is 5.73 Å². The molecule has 0 saturated carbocycles. The lowest BCUT2D eigenvalue weighted by Crippen LogP contribution is -2.16. The molecule has 3 aromatic carbocycles. The minimum absolute atomic E-state index is 0.00420. The number of hydrogen-bond acceptors (Lipinski definition) is 3. The molecule has 0 amide bonds. The Labute approximate surface area is 256 Å². The summed E-state index contributed by atoms with van der Waals surface area (Å²) in [6.07, 6.45) is 18.6. The van der Waals surface area contributed by atoms with Gasteiger partial charge in [-0.2, -0.15) is 0 Å². The number of hydrogen-bond donors (Lipinski definition) is 0. The van der Waals surface area contributed by atoms with Gasteiger partial charge in [0.25, 0.3) is 0 Å². The van der Waals surface area contributed by atoms with Crippen LogP contribution in [0, 0.1) is 6.92 Å². The van der Waals surface area contributed by atoms with Crippen LogP contribution in [0.3, 0.4) is 0 Å². The summed E-state index contributed by atoms with van der Waals surface area (Å²) in [7, 11) is 0. The molecule has 0 saturated heterocycles. The number of benzene rings is 3. The van der Waals surface area contributed by atoms with E-state index in [9.17, 15) is 0 Å². The summed E-state index contributed by atoms with van der Waals surface area (Å²) in [6, 6.07) is 25.5. The summed E-state index contributed by atoms with van der Waals surface area (Å²) in [5.41, 5.74) is 12.9. The molecule has 43 heavy (non-hydrogen) atoms. The summed E-state index contributed by atoms with van der Waals surface area (Å²) in [5, 5.41) is 0. The standard InChI is InChI=1S/C31H27N3.C7H6.C2H6/c1-20-32-29(23-15-13-22(14-16-23)21-9-5-4-6-10-21)34-30(33-20)24-17-18-26-25-11-7-8-12-27(25)31(2,3)28(26)19-24;1-2-4-6-7-5-3-1;1-2/h4-6,9-19H,7-8H2,1-3H3;1-6H;1-2H3. The molecule has 4 aromatic rings. The first kappa shape index (κ1) is 29.6. The highest BCUT2D eigenvalue weighted by Gasteiger charge is 2.38. The van der Waals surface area contributed by atoms with Gasteiger partial charge in [-0.05, 0) is 71.4 Å². The fourth-order valence-electron chi connectivity index (χ4n) is 5.69. The molecule has 0 radical (unpaired) electrons. The number of nitrogens with zero attached hydrogens (tertiary/aromatic N) is 3. The van der Waals surface area contributed by atoms with Gasteiger partial charge in [0.2, 0.25) is 0 Å². The summed E-state index contributed by atoms with van der Waals surface area (Å²) >= 11 is 0. The SMILES string of the molecule is C1=CC=CC=CC=1.CC.Cc1nc(-c2ccc(-c3ccccc3)cc2)nc(-c2ccc3c(c2)C(C)(C)C2=CCCC=C23)n1. The summed E-state index contributed by atoms with van der Waals surface area (Å²) < 4.78 is 0. The van der Waals surface area contributed by atoms with Gasteiger partial charge in [0.05, 0.1) is 0 Å². The molecule has 3 heteroatoms. The molecule has 3 aliphatic carbocycles. The van der Waals surface area contributed by atoms with Crippen LogP contribution in [-0.2, 0) is 5.41 Å². The Bertz CT molecular complexity index is 1760. The largest absolute Gasteiger partial charge is 0.213 e. The first-order valence-electron chi connectivity index (χ1n) is 15.2. The van der Waals surface area contributed by atoms with E-state index < -0.39 is 0 Å². The molecule has 0 unspecified atom stereocenters. The molecule has 1 aromatic heterocycles. The number of fused-ring (bicyclic) bond motifs is 3. The molecular weight excluding hydrogens is 522 g/mol.